The molecule has 0 radical (unpaired) electrons. The lowest BCUT2D eigenvalue weighted by Gasteiger charge is -2.33. The molecule has 2 aliphatic rings. The van der Waals surface area contributed by atoms with Gasteiger partial charge in [0.1, 0.15) is 0 Å². The van der Waals surface area contributed by atoms with Gasteiger partial charge >= 0.3 is 0 Å². The molecule has 0 bridgehead atoms. The van der Waals surface area contributed by atoms with Crippen LogP contribution in [0.2, 0.25) is 0 Å². The number of nitrogens with zero attached hydrogens (tertiary/aromatic N) is 1. The molecule has 1 aliphatic carbocycles. The molecule has 1 heterocycles. The van der Waals surface area contributed by atoms with Gasteiger partial charge in [-0.1, -0.05) is 49.2 Å². The smallest absolute Gasteiger partial charge is 0.161 e. The average Bonchev–Trinajstić information content (AvgIpc) is 2.75. The fraction of sp³-hybridized carbons (Fsp3) is 0.562. The molecule has 0 aromatic heterocycles. The van der Waals surface area contributed by atoms with Crippen molar-refractivity contribution in [2.75, 3.05) is 11.1 Å². The number of benzene rings is 1. The van der Waals surface area contributed by atoms with Crippen molar-refractivity contribution in [3.05, 3.63) is 29.8 Å². The van der Waals surface area contributed by atoms with Crippen molar-refractivity contribution in [1.82, 2.24) is 0 Å². The van der Waals surface area contributed by atoms with Gasteiger partial charge in [0.05, 0.1) is 5.54 Å². The predicted octanol–water partition coefficient (Wildman–Crippen LogP) is 4.46. The first kappa shape index (κ1) is 13.0. The van der Waals surface area contributed by atoms with Crippen LogP contribution >= 0.6 is 11.8 Å². The highest BCUT2D eigenvalue weighted by Crippen LogP contribution is 2.42. The summed E-state index contributed by atoms with van der Waals surface area (Å²) >= 11 is 1.89. The fourth-order valence-electron chi connectivity index (χ4n) is 3.17. The van der Waals surface area contributed by atoms with Gasteiger partial charge in [0.2, 0.25) is 0 Å². The van der Waals surface area contributed by atoms with Crippen LogP contribution in [0.25, 0.3) is 0 Å². The van der Waals surface area contributed by atoms with Crippen LogP contribution < -0.4 is 5.32 Å². The third-order valence-electron chi connectivity index (χ3n) is 4.19. The minimum absolute atomic E-state index is 0.232. The second-order valence-electron chi connectivity index (χ2n) is 6.12. The number of aliphatic imine (C=N–C) groups is 1. The lowest BCUT2D eigenvalue weighted by atomic mass is 9.78. The largest absolute Gasteiger partial charge is 0.335 e. The highest BCUT2D eigenvalue weighted by atomic mass is 32.2. The zero-order valence-corrected chi connectivity index (χ0v) is 12.6. The topological polar surface area (TPSA) is 24.4 Å². The van der Waals surface area contributed by atoms with E-state index < -0.39 is 0 Å². The van der Waals surface area contributed by atoms with Crippen LogP contribution in [0.3, 0.4) is 0 Å². The molecular weight excluding hydrogens is 252 g/mol. The molecule has 0 saturated heterocycles. The molecule has 1 saturated carbocycles. The van der Waals surface area contributed by atoms with E-state index in [9.17, 15) is 0 Å². The predicted molar refractivity (Wildman–Crippen MR) is 85.1 cm³/mol. The Morgan fingerprint density at radius 2 is 2.11 bits per heavy atom. The summed E-state index contributed by atoms with van der Waals surface area (Å²) in [5.74, 6) is 1.99. The van der Waals surface area contributed by atoms with E-state index in [0.717, 1.165) is 22.5 Å². The second-order valence-corrected chi connectivity index (χ2v) is 7.09. The molecule has 1 aliphatic heterocycles. The Hall–Kier alpha value is -0.960. The average molecular weight is 274 g/mol. The number of aryl methyl sites for hydroxylation is 1. The van der Waals surface area contributed by atoms with Gasteiger partial charge in [-0.15, -0.1) is 0 Å². The minimum atomic E-state index is 0.232. The van der Waals surface area contributed by atoms with Gasteiger partial charge in [0.15, 0.2) is 5.17 Å². The Bertz CT molecular complexity index is 480. The molecule has 2 atom stereocenters. The van der Waals surface area contributed by atoms with Gasteiger partial charge in [-0.05, 0) is 37.8 Å². The summed E-state index contributed by atoms with van der Waals surface area (Å²) in [6.07, 6.45) is 5.24. The third kappa shape index (κ3) is 2.97. The van der Waals surface area contributed by atoms with Gasteiger partial charge in [0, 0.05) is 11.4 Å². The molecule has 3 heteroatoms. The van der Waals surface area contributed by atoms with Crippen LogP contribution in [0.1, 0.15) is 38.2 Å². The zero-order valence-electron chi connectivity index (χ0n) is 11.8. The molecule has 19 heavy (non-hydrogen) atoms. The van der Waals surface area contributed by atoms with E-state index >= 15 is 0 Å². The molecule has 3 rings (SSSR count). The summed E-state index contributed by atoms with van der Waals surface area (Å²) < 4.78 is 0. The van der Waals surface area contributed by atoms with Gasteiger partial charge in [-0.2, -0.15) is 0 Å². The molecule has 1 aromatic carbocycles. The summed E-state index contributed by atoms with van der Waals surface area (Å²) in [5.41, 5.74) is 2.68. The van der Waals surface area contributed by atoms with E-state index in [0.29, 0.717) is 0 Å². The number of anilines is 1. The van der Waals surface area contributed by atoms with E-state index in [2.05, 4.69) is 43.4 Å². The molecular formula is C16H22N2S. The molecule has 102 valence electrons. The van der Waals surface area contributed by atoms with Crippen LogP contribution in [0, 0.1) is 12.8 Å². The quantitative estimate of drug-likeness (QED) is 0.817. The number of amidine groups is 1. The first-order valence-corrected chi connectivity index (χ1v) is 8.20. The monoisotopic (exact) mass is 274 g/mol. The van der Waals surface area contributed by atoms with Crippen molar-refractivity contribution in [3.63, 3.8) is 0 Å². The van der Waals surface area contributed by atoms with Crippen molar-refractivity contribution in [2.24, 2.45) is 10.9 Å². The van der Waals surface area contributed by atoms with Crippen LogP contribution in [0.15, 0.2) is 29.3 Å². The summed E-state index contributed by atoms with van der Waals surface area (Å²) in [6.45, 7) is 4.48. The highest BCUT2D eigenvalue weighted by Gasteiger charge is 2.39. The number of rotatable bonds is 1. The Labute approximate surface area is 120 Å². The van der Waals surface area contributed by atoms with Crippen LogP contribution in [0.4, 0.5) is 5.69 Å². The SMILES string of the molecule is Cc1ccc(NC2=NC3(CCCC(C)C3)CS2)cc1. The van der Waals surface area contributed by atoms with Gasteiger partial charge in [-0.25, -0.2) is 0 Å². The standard InChI is InChI=1S/C16H22N2S/c1-12-5-7-14(8-6-12)17-15-18-16(11-19-15)9-3-4-13(2)10-16/h5-8,13H,3-4,9-11H2,1-2H3,(H,17,18). The van der Waals surface area contributed by atoms with E-state index in [1.165, 1.54) is 31.2 Å². The van der Waals surface area contributed by atoms with E-state index in [1.807, 2.05) is 11.8 Å². The minimum Gasteiger partial charge on any atom is -0.335 e. The molecule has 1 fully saturated rings. The van der Waals surface area contributed by atoms with E-state index in [-0.39, 0.29) is 5.54 Å². The molecule has 2 unspecified atom stereocenters. The van der Waals surface area contributed by atoms with Crippen LogP contribution in [0.5, 0.6) is 0 Å². The van der Waals surface area contributed by atoms with Gasteiger partial charge in [0.25, 0.3) is 0 Å². The summed E-state index contributed by atoms with van der Waals surface area (Å²) in [6, 6.07) is 8.54. The molecule has 1 aromatic rings. The highest BCUT2D eigenvalue weighted by molar-refractivity contribution is 8.14. The van der Waals surface area contributed by atoms with Crippen molar-refractivity contribution in [3.8, 4) is 0 Å². The Morgan fingerprint density at radius 3 is 2.84 bits per heavy atom. The lowest BCUT2D eigenvalue weighted by Crippen LogP contribution is -2.33. The van der Waals surface area contributed by atoms with Crippen molar-refractivity contribution in [1.29, 1.82) is 0 Å². The number of thioether (sulfide) groups is 1. The summed E-state index contributed by atoms with van der Waals surface area (Å²) in [4.78, 5) is 5.02. The van der Waals surface area contributed by atoms with Crippen molar-refractivity contribution >= 4 is 22.6 Å². The third-order valence-corrected chi connectivity index (χ3v) is 5.34. The normalized spacial score (nSPS) is 30.4. The number of nitrogens with one attached hydrogen (secondary N) is 1. The van der Waals surface area contributed by atoms with Crippen molar-refractivity contribution < 1.29 is 0 Å². The fourth-order valence-corrected chi connectivity index (χ4v) is 4.35. The molecule has 1 N–H and O–H groups in total. The van der Waals surface area contributed by atoms with E-state index in [4.69, 9.17) is 4.99 Å². The lowest BCUT2D eigenvalue weighted by molar-refractivity contribution is 0.266. The summed E-state index contributed by atoms with van der Waals surface area (Å²) in [7, 11) is 0. The molecule has 2 nitrogen and oxygen atoms in total. The number of hydrogen-bond acceptors (Lipinski definition) is 3. The van der Waals surface area contributed by atoms with Gasteiger partial charge in [-0.3, -0.25) is 4.99 Å². The molecule has 1 spiro atoms. The van der Waals surface area contributed by atoms with Crippen LogP contribution in [-0.4, -0.2) is 16.5 Å². The second kappa shape index (κ2) is 5.20. The van der Waals surface area contributed by atoms with E-state index in [1.54, 1.807) is 0 Å². The Morgan fingerprint density at radius 1 is 1.32 bits per heavy atom. The zero-order chi connectivity index (χ0) is 13.3. The Balaban J connectivity index is 1.71. The first-order chi connectivity index (χ1) is 9.15. The van der Waals surface area contributed by atoms with Crippen LogP contribution in [-0.2, 0) is 0 Å². The van der Waals surface area contributed by atoms with Gasteiger partial charge < -0.3 is 5.32 Å². The maximum atomic E-state index is 5.02. The molecule has 0 amide bonds. The summed E-state index contributed by atoms with van der Waals surface area (Å²) in [5, 5.41) is 4.58. The van der Waals surface area contributed by atoms with Crippen molar-refractivity contribution in [2.45, 2.75) is 45.1 Å². The maximum absolute atomic E-state index is 5.02. The Kier molecular flexibility index (Phi) is 3.57. The number of hydrogen-bond donors (Lipinski definition) is 1. The first-order valence-electron chi connectivity index (χ1n) is 7.22. The maximum Gasteiger partial charge on any atom is 0.161 e.